The van der Waals surface area contributed by atoms with E-state index in [9.17, 15) is 9.59 Å². The Kier molecular flexibility index (Phi) is 8.68. The average Bonchev–Trinajstić information content (AvgIpc) is 3.15. The highest BCUT2D eigenvalue weighted by Gasteiger charge is 2.22. The Morgan fingerprint density at radius 2 is 1.77 bits per heavy atom. The van der Waals surface area contributed by atoms with Crippen molar-refractivity contribution in [3.63, 3.8) is 0 Å². The zero-order valence-electron chi connectivity index (χ0n) is 19.8. The van der Waals surface area contributed by atoms with E-state index in [0.717, 1.165) is 10.5 Å². The predicted octanol–water partition coefficient (Wildman–Crippen LogP) is 5.87. The van der Waals surface area contributed by atoms with Gasteiger partial charge in [0.05, 0.1) is 5.69 Å². The van der Waals surface area contributed by atoms with E-state index in [1.807, 2.05) is 37.4 Å². The van der Waals surface area contributed by atoms with Gasteiger partial charge >= 0.3 is 0 Å². The molecule has 0 bridgehead atoms. The summed E-state index contributed by atoms with van der Waals surface area (Å²) in [5.41, 5.74) is 1.40. The lowest BCUT2D eigenvalue weighted by Crippen LogP contribution is -2.23. The molecule has 0 aliphatic carbocycles. The van der Waals surface area contributed by atoms with Crippen LogP contribution >= 0.6 is 23.4 Å². The highest BCUT2D eigenvalue weighted by atomic mass is 35.5. The molecule has 0 unspecified atom stereocenters. The second kappa shape index (κ2) is 11.7. The molecule has 0 radical (unpaired) electrons. The molecule has 2 aromatic heterocycles. The SMILES string of the molecule is C=CC.C=CCC(=O)Nc1nn(C)c2nc(-c3ccc(SC)cc3)n(-c3ccc(Cl)cc3)c(=O)c12. The minimum Gasteiger partial charge on any atom is -0.308 e. The maximum absolute atomic E-state index is 13.8. The van der Waals surface area contributed by atoms with E-state index in [1.54, 1.807) is 49.2 Å². The van der Waals surface area contributed by atoms with E-state index >= 15 is 0 Å². The minimum absolute atomic E-state index is 0.108. The quantitative estimate of drug-likeness (QED) is 0.261. The highest BCUT2D eigenvalue weighted by molar-refractivity contribution is 7.98. The van der Waals surface area contributed by atoms with Crippen LogP contribution in [0, 0.1) is 0 Å². The molecule has 0 saturated carbocycles. The number of aryl methyl sites for hydroxylation is 1. The van der Waals surface area contributed by atoms with Crippen molar-refractivity contribution in [2.45, 2.75) is 18.2 Å². The van der Waals surface area contributed by atoms with Gasteiger partial charge < -0.3 is 5.32 Å². The largest absolute Gasteiger partial charge is 0.308 e. The molecule has 7 nitrogen and oxygen atoms in total. The van der Waals surface area contributed by atoms with Crippen LogP contribution in [-0.2, 0) is 11.8 Å². The number of nitrogens with one attached hydrogen (secondary N) is 1. The maximum Gasteiger partial charge on any atom is 0.271 e. The van der Waals surface area contributed by atoms with Gasteiger partial charge in [0.25, 0.3) is 5.56 Å². The fourth-order valence-corrected chi connectivity index (χ4v) is 3.90. The molecule has 4 aromatic rings. The Morgan fingerprint density at radius 1 is 1.14 bits per heavy atom. The van der Waals surface area contributed by atoms with E-state index in [4.69, 9.17) is 16.6 Å². The monoisotopic (exact) mass is 507 g/mol. The van der Waals surface area contributed by atoms with Crippen LogP contribution in [0.3, 0.4) is 0 Å². The third kappa shape index (κ3) is 5.72. The number of thioether (sulfide) groups is 1. The van der Waals surface area contributed by atoms with E-state index in [-0.39, 0.29) is 29.1 Å². The Bertz CT molecular complexity index is 1420. The summed E-state index contributed by atoms with van der Waals surface area (Å²) in [4.78, 5) is 31.8. The molecule has 4 rings (SSSR count). The fraction of sp³-hybridized carbons (Fsp3) is 0.154. The van der Waals surface area contributed by atoms with Gasteiger partial charge in [-0.2, -0.15) is 5.10 Å². The second-order valence-corrected chi connectivity index (χ2v) is 8.72. The molecule has 35 heavy (non-hydrogen) atoms. The van der Waals surface area contributed by atoms with Crippen LogP contribution < -0.4 is 10.9 Å². The van der Waals surface area contributed by atoms with E-state index in [0.29, 0.717) is 22.2 Å². The topological polar surface area (TPSA) is 81.8 Å². The van der Waals surface area contributed by atoms with Crippen molar-refractivity contribution in [3.8, 4) is 17.1 Å². The molecular weight excluding hydrogens is 482 g/mol. The molecule has 0 aliphatic heterocycles. The standard InChI is InChI=1S/C23H20ClN5O2S.C3H6/c1-4-5-18(30)25-20-19-22(28(2)27-20)26-21(14-6-12-17(32-3)13-7-14)29(23(19)31)16-10-8-15(24)9-11-16;1-3-2/h4,6-13H,1,5H2,2-3H3,(H,25,27,30);3H,1H2,2H3. The van der Waals surface area contributed by atoms with Crippen LogP contribution in [0.25, 0.3) is 28.1 Å². The highest BCUT2D eigenvalue weighted by Crippen LogP contribution is 2.27. The van der Waals surface area contributed by atoms with Gasteiger partial charge in [-0.1, -0.05) is 35.9 Å². The van der Waals surface area contributed by atoms with Crippen molar-refractivity contribution in [2.75, 3.05) is 11.6 Å². The van der Waals surface area contributed by atoms with Gasteiger partial charge in [0.1, 0.15) is 11.2 Å². The number of nitrogens with zero attached hydrogens (tertiary/aromatic N) is 4. The molecule has 9 heteroatoms. The van der Waals surface area contributed by atoms with Gasteiger partial charge in [0, 0.05) is 29.0 Å². The lowest BCUT2D eigenvalue weighted by atomic mass is 10.2. The first-order valence-electron chi connectivity index (χ1n) is 10.7. The van der Waals surface area contributed by atoms with Crippen molar-refractivity contribution in [1.29, 1.82) is 0 Å². The van der Waals surface area contributed by atoms with Crippen LogP contribution in [0.15, 0.2) is 83.5 Å². The van der Waals surface area contributed by atoms with Gasteiger partial charge in [0.15, 0.2) is 11.5 Å². The first-order chi connectivity index (χ1) is 16.8. The summed E-state index contributed by atoms with van der Waals surface area (Å²) >= 11 is 7.70. The van der Waals surface area contributed by atoms with Crippen molar-refractivity contribution in [3.05, 3.63) is 89.2 Å². The summed E-state index contributed by atoms with van der Waals surface area (Å²) in [5.74, 6) is 0.317. The Morgan fingerprint density at radius 3 is 2.34 bits per heavy atom. The molecule has 180 valence electrons. The van der Waals surface area contributed by atoms with Crippen molar-refractivity contribution < 1.29 is 4.79 Å². The number of fused-ring (bicyclic) bond motifs is 1. The number of aromatic nitrogens is 4. The molecule has 0 atom stereocenters. The normalized spacial score (nSPS) is 10.4. The second-order valence-electron chi connectivity index (χ2n) is 7.40. The summed E-state index contributed by atoms with van der Waals surface area (Å²) < 4.78 is 3.00. The molecule has 2 heterocycles. The van der Waals surface area contributed by atoms with Crippen LogP contribution in [0.2, 0.25) is 5.02 Å². The molecular formula is C26H26ClN5O2S. The number of hydrogen-bond donors (Lipinski definition) is 1. The van der Waals surface area contributed by atoms with E-state index < -0.39 is 0 Å². The zero-order valence-corrected chi connectivity index (χ0v) is 21.4. The van der Waals surface area contributed by atoms with Crippen LogP contribution in [0.4, 0.5) is 5.82 Å². The van der Waals surface area contributed by atoms with Crippen molar-refractivity contribution in [1.82, 2.24) is 19.3 Å². The third-order valence-corrected chi connectivity index (χ3v) is 5.87. The van der Waals surface area contributed by atoms with E-state index in [2.05, 4.69) is 23.6 Å². The lowest BCUT2D eigenvalue weighted by Gasteiger charge is -2.13. The minimum atomic E-state index is -0.344. The van der Waals surface area contributed by atoms with Crippen LogP contribution in [-0.4, -0.2) is 31.5 Å². The van der Waals surface area contributed by atoms with Gasteiger partial charge in [0.2, 0.25) is 5.91 Å². The summed E-state index contributed by atoms with van der Waals surface area (Å²) in [7, 11) is 1.69. The number of allylic oxidation sites excluding steroid dienone is 1. The molecule has 0 aliphatic rings. The Labute approximate surface area is 213 Å². The number of carbonyl (C=O) groups excluding carboxylic acids is 1. The first-order valence-corrected chi connectivity index (χ1v) is 12.3. The van der Waals surface area contributed by atoms with Crippen LogP contribution in [0.5, 0.6) is 0 Å². The number of hydrogen-bond acceptors (Lipinski definition) is 5. The average molecular weight is 508 g/mol. The lowest BCUT2D eigenvalue weighted by molar-refractivity contribution is -0.115. The smallest absolute Gasteiger partial charge is 0.271 e. The number of carbonyl (C=O) groups is 1. The van der Waals surface area contributed by atoms with Crippen molar-refractivity contribution >= 4 is 46.1 Å². The van der Waals surface area contributed by atoms with E-state index in [1.165, 1.54) is 15.3 Å². The molecule has 2 aromatic carbocycles. The fourth-order valence-electron chi connectivity index (χ4n) is 3.36. The van der Waals surface area contributed by atoms with Gasteiger partial charge in [-0.3, -0.25) is 14.2 Å². The van der Waals surface area contributed by atoms with Gasteiger partial charge in [-0.05, 0) is 49.6 Å². The number of rotatable bonds is 6. The molecule has 0 saturated heterocycles. The molecule has 0 fully saturated rings. The van der Waals surface area contributed by atoms with Crippen molar-refractivity contribution in [2.24, 2.45) is 7.05 Å². The number of halogens is 1. The summed E-state index contributed by atoms with van der Waals surface area (Å²) in [6.07, 6.45) is 5.35. The Hall–Kier alpha value is -3.62. The van der Waals surface area contributed by atoms with Gasteiger partial charge in [-0.25, -0.2) is 9.67 Å². The molecule has 0 spiro atoms. The van der Waals surface area contributed by atoms with Crippen LogP contribution in [0.1, 0.15) is 13.3 Å². The zero-order chi connectivity index (χ0) is 25.5. The Balaban J connectivity index is 0.00000108. The predicted molar refractivity (Wildman–Crippen MR) is 146 cm³/mol. The number of benzene rings is 2. The number of anilines is 1. The summed E-state index contributed by atoms with van der Waals surface area (Å²) in [5, 5.41) is 7.81. The number of amides is 1. The molecule has 1 N–H and O–H groups in total. The third-order valence-electron chi connectivity index (χ3n) is 4.88. The summed E-state index contributed by atoms with van der Waals surface area (Å²) in [6, 6.07) is 14.7. The summed E-state index contributed by atoms with van der Waals surface area (Å²) in [6.45, 7) is 8.82. The molecule has 1 amide bonds. The first kappa shape index (κ1) is 26.0. The van der Waals surface area contributed by atoms with Gasteiger partial charge in [-0.15, -0.1) is 24.9 Å². The maximum atomic E-state index is 13.8.